The molecular formula is C8H15NO2. The lowest BCUT2D eigenvalue weighted by molar-refractivity contribution is -0.00106. The van der Waals surface area contributed by atoms with Crippen LogP contribution in [0.15, 0.2) is 0 Å². The van der Waals surface area contributed by atoms with Crippen molar-refractivity contribution in [3.63, 3.8) is 0 Å². The van der Waals surface area contributed by atoms with Crippen LogP contribution in [0.2, 0.25) is 0 Å². The molecule has 3 nitrogen and oxygen atoms in total. The molecule has 0 N–H and O–H groups in total. The van der Waals surface area contributed by atoms with E-state index in [1.807, 2.05) is 19.9 Å². The number of nitrogens with zero attached hydrogens (tertiary/aromatic N) is 1. The molecule has 0 spiro atoms. The van der Waals surface area contributed by atoms with E-state index in [0.29, 0.717) is 26.2 Å². The number of hydrogen-bond acceptors (Lipinski definition) is 3. The lowest BCUT2D eigenvalue weighted by Gasteiger charge is -2.10. The van der Waals surface area contributed by atoms with Gasteiger partial charge in [0.25, 0.3) is 0 Å². The van der Waals surface area contributed by atoms with E-state index >= 15 is 0 Å². The maximum absolute atomic E-state index is 8.19. The molecule has 0 saturated heterocycles. The van der Waals surface area contributed by atoms with Gasteiger partial charge in [0.05, 0.1) is 31.8 Å². The summed E-state index contributed by atoms with van der Waals surface area (Å²) in [5.74, 6) is 0. The van der Waals surface area contributed by atoms with E-state index in [1.165, 1.54) is 0 Å². The molecule has 0 fully saturated rings. The first-order chi connectivity index (χ1) is 5.31. The first-order valence-electron chi connectivity index (χ1n) is 3.87. The molecule has 1 atom stereocenters. The van der Waals surface area contributed by atoms with Crippen molar-refractivity contribution >= 4 is 0 Å². The van der Waals surface area contributed by atoms with Crippen LogP contribution in [0.3, 0.4) is 0 Å². The quantitative estimate of drug-likeness (QED) is 0.546. The van der Waals surface area contributed by atoms with Crippen molar-refractivity contribution in [1.82, 2.24) is 0 Å². The summed E-state index contributed by atoms with van der Waals surface area (Å²) in [6.07, 6.45) is 0.555. The average Bonchev–Trinajstić information content (AvgIpc) is 2.01. The normalized spacial score (nSPS) is 12.5. The van der Waals surface area contributed by atoms with Crippen molar-refractivity contribution in [2.24, 2.45) is 0 Å². The second kappa shape index (κ2) is 7.52. The van der Waals surface area contributed by atoms with Crippen molar-refractivity contribution in [3.8, 4) is 6.07 Å². The highest BCUT2D eigenvalue weighted by atomic mass is 16.5. The summed E-state index contributed by atoms with van der Waals surface area (Å²) >= 11 is 0. The van der Waals surface area contributed by atoms with Crippen LogP contribution in [0.25, 0.3) is 0 Å². The highest BCUT2D eigenvalue weighted by Gasteiger charge is 1.99. The summed E-state index contributed by atoms with van der Waals surface area (Å²) in [5.41, 5.74) is 0. The maximum Gasteiger partial charge on any atom is 0.0780 e. The summed E-state index contributed by atoms with van der Waals surface area (Å²) in [7, 11) is 0. The topological polar surface area (TPSA) is 42.2 Å². The predicted octanol–water partition coefficient (Wildman–Crippen LogP) is 1.34. The molecule has 0 aromatic heterocycles. The Morgan fingerprint density at radius 2 is 2.27 bits per heavy atom. The molecule has 3 heteroatoms. The van der Waals surface area contributed by atoms with Crippen LogP contribution in [0.5, 0.6) is 0 Å². The lowest BCUT2D eigenvalue weighted by atomic mass is 10.4. The van der Waals surface area contributed by atoms with Gasteiger partial charge >= 0.3 is 0 Å². The minimum Gasteiger partial charge on any atom is -0.379 e. The highest BCUT2D eigenvalue weighted by molar-refractivity contribution is 4.67. The summed E-state index contributed by atoms with van der Waals surface area (Å²) in [6.45, 7) is 5.72. The summed E-state index contributed by atoms with van der Waals surface area (Å²) < 4.78 is 10.4. The summed E-state index contributed by atoms with van der Waals surface area (Å²) in [4.78, 5) is 0. The molecular weight excluding hydrogens is 142 g/mol. The largest absolute Gasteiger partial charge is 0.379 e. The zero-order valence-corrected chi connectivity index (χ0v) is 7.17. The molecule has 0 radical (unpaired) electrons. The van der Waals surface area contributed by atoms with E-state index in [0.717, 1.165) is 0 Å². The fourth-order valence-corrected chi connectivity index (χ4v) is 0.638. The smallest absolute Gasteiger partial charge is 0.0780 e. The van der Waals surface area contributed by atoms with Crippen molar-refractivity contribution in [1.29, 1.82) is 5.26 Å². The molecule has 0 bridgehead atoms. The van der Waals surface area contributed by atoms with E-state index < -0.39 is 0 Å². The Kier molecular flexibility index (Phi) is 7.11. The molecule has 0 aliphatic rings. The van der Waals surface area contributed by atoms with Gasteiger partial charge in [-0.2, -0.15) is 5.26 Å². The molecule has 1 unspecified atom stereocenters. The Labute approximate surface area is 67.9 Å². The monoisotopic (exact) mass is 157 g/mol. The third-order valence-electron chi connectivity index (χ3n) is 1.17. The van der Waals surface area contributed by atoms with Crippen LogP contribution in [-0.2, 0) is 9.47 Å². The SMILES string of the molecule is CCOCC(C)OCCC#N. The lowest BCUT2D eigenvalue weighted by Crippen LogP contribution is -2.16. The molecule has 0 aliphatic heterocycles. The van der Waals surface area contributed by atoms with Gasteiger partial charge in [0.15, 0.2) is 0 Å². The maximum atomic E-state index is 8.19. The number of hydrogen-bond donors (Lipinski definition) is 0. The second-order valence-corrected chi connectivity index (χ2v) is 2.25. The minimum atomic E-state index is 0.100. The van der Waals surface area contributed by atoms with Gasteiger partial charge in [-0.1, -0.05) is 0 Å². The number of nitriles is 1. The van der Waals surface area contributed by atoms with E-state index in [9.17, 15) is 0 Å². The molecule has 64 valence electrons. The van der Waals surface area contributed by atoms with Gasteiger partial charge in [-0.25, -0.2) is 0 Å². The third-order valence-corrected chi connectivity index (χ3v) is 1.17. The molecule has 0 aromatic carbocycles. The van der Waals surface area contributed by atoms with Crippen molar-refractivity contribution < 1.29 is 9.47 Å². The van der Waals surface area contributed by atoms with Crippen molar-refractivity contribution in [2.45, 2.75) is 26.4 Å². The van der Waals surface area contributed by atoms with Gasteiger partial charge in [-0.05, 0) is 13.8 Å². The number of ether oxygens (including phenoxy) is 2. The fourth-order valence-electron chi connectivity index (χ4n) is 0.638. The van der Waals surface area contributed by atoms with Gasteiger partial charge < -0.3 is 9.47 Å². The van der Waals surface area contributed by atoms with Crippen LogP contribution in [0.4, 0.5) is 0 Å². The average molecular weight is 157 g/mol. The van der Waals surface area contributed by atoms with E-state index in [-0.39, 0.29) is 6.10 Å². The molecule has 11 heavy (non-hydrogen) atoms. The Morgan fingerprint density at radius 3 is 2.82 bits per heavy atom. The minimum absolute atomic E-state index is 0.100. The Morgan fingerprint density at radius 1 is 1.55 bits per heavy atom. The Balaban J connectivity index is 3.10. The molecule has 0 aliphatic carbocycles. The molecule has 0 amide bonds. The van der Waals surface area contributed by atoms with Crippen molar-refractivity contribution in [3.05, 3.63) is 0 Å². The Hall–Kier alpha value is -0.590. The summed E-state index contributed by atoms with van der Waals surface area (Å²) in [5, 5.41) is 8.19. The van der Waals surface area contributed by atoms with E-state index in [2.05, 4.69) is 0 Å². The zero-order valence-electron chi connectivity index (χ0n) is 7.17. The molecule has 0 aromatic rings. The highest BCUT2D eigenvalue weighted by Crippen LogP contribution is 1.92. The van der Waals surface area contributed by atoms with Gasteiger partial charge in [-0.15, -0.1) is 0 Å². The van der Waals surface area contributed by atoms with Gasteiger partial charge in [0, 0.05) is 6.61 Å². The van der Waals surface area contributed by atoms with Crippen LogP contribution >= 0.6 is 0 Å². The van der Waals surface area contributed by atoms with E-state index in [1.54, 1.807) is 0 Å². The number of rotatable bonds is 6. The second-order valence-electron chi connectivity index (χ2n) is 2.25. The van der Waals surface area contributed by atoms with Gasteiger partial charge in [0.2, 0.25) is 0 Å². The van der Waals surface area contributed by atoms with E-state index in [4.69, 9.17) is 14.7 Å². The summed E-state index contributed by atoms with van der Waals surface area (Å²) in [6, 6.07) is 2.01. The standard InChI is InChI=1S/C8H15NO2/c1-3-10-7-8(2)11-6-4-5-9/h8H,3-4,6-7H2,1-2H3. The van der Waals surface area contributed by atoms with Crippen molar-refractivity contribution in [2.75, 3.05) is 19.8 Å². The van der Waals surface area contributed by atoms with Crippen LogP contribution in [0.1, 0.15) is 20.3 Å². The first-order valence-corrected chi connectivity index (χ1v) is 3.87. The van der Waals surface area contributed by atoms with Crippen LogP contribution in [-0.4, -0.2) is 25.9 Å². The molecule has 0 heterocycles. The zero-order chi connectivity index (χ0) is 8.53. The van der Waals surface area contributed by atoms with Crippen LogP contribution < -0.4 is 0 Å². The predicted molar refractivity (Wildman–Crippen MR) is 42.1 cm³/mol. The first kappa shape index (κ1) is 10.4. The molecule has 0 saturated carbocycles. The van der Waals surface area contributed by atoms with Crippen LogP contribution in [0, 0.1) is 11.3 Å². The van der Waals surface area contributed by atoms with Gasteiger partial charge in [-0.3, -0.25) is 0 Å². The Bertz CT molecular complexity index is 120. The molecule has 0 rings (SSSR count). The van der Waals surface area contributed by atoms with Gasteiger partial charge in [0.1, 0.15) is 0 Å². The third kappa shape index (κ3) is 7.31. The fraction of sp³-hybridized carbons (Fsp3) is 0.875.